The van der Waals surface area contributed by atoms with Gasteiger partial charge >= 0.3 is 0 Å². The number of aromatic nitrogens is 2. The predicted octanol–water partition coefficient (Wildman–Crippen LogP) is 2.76. The normalized spacial score (nSPS) is 12.7. The fourth-order valence-electron chi connectivity index (χ4n) is 1.82. The van der Waals surface area contributed by atoms with Crippen LogP contribution in [0.3, 0.4) is 0 Å². The molecule has 3 nitrogen and oxygen atoms in total. The van der Waals surface area contributed by atoms with Crippen LogP contribution in [0.4, 0.5) is 4.39 Å². The van der Waals surface area contributed by atoms with Gasteiger partial charge in [0, 0.05) is 23.3 Å². The van der Waals surface area contributed by atoms with Crippen LogP contribution in [0.5, 0.6) is 0 Å². The van der Waals surface area contributed by atoms with E-state index in [1.807, 2.05) is 20.0 Å². The summed E-state index contributed by atoms with van der Waals surface area (Å²) >= 11 is 5.98. The number of nitrogens with two attached hydrogens (primary N) is 1. The van der Waals surface area contributed by atoms with Crippen molar-refractivity contribution in [2.75, 3.05) is 0 Å². The van der Waals surface area contributed by atoms with Gasteiger partial charge in [0.15, 0.2) is 0 Å². The Bertz CT molecular complexity index is 526. The standard InChI is InChI=1S/C13H15ClFN3/c1-8-6-13(17-18(8)2)12(16)7-9-10(14)4-3-5-11(9)15/h3-6,12H,7,16H2,1-2H3. The number of rotatable bonds is 3. The third kappa shape index (κ3) is 2.54. The van der Waals surface area contributed by atoms with Crippen LogP contribution < -0.4 is 5.73 Å². The molecular formula is C13H15ClFN3. The second kappa shape index (κ2) is 5.08. The van der Waals surface area contributed by atoms with Crippen molar-refractivity contribution in [2.24, 2.45) is 12.8 Å². The van der Waals surface area contributed by atoms with E-state index < -0.39 is 0 Å². The lowest BCUT2D eigenvalue weighted by molar-refractivity contribution is 0.585. The molecule has 0 spiro atoms. The first-order valence-corrected chi connectivity index (χ1v) is 6.06. The topological polar surface area (TPSA) is 43.8 Å². The summed E-state index contributed by atoms with van der Waals surface area (Å²) in [5.41, 5.74) is 8.24. The highest BCUT2D eigenvalue weighted by Gasteiger charge is 2.16. The van der Waals surface area contributed by atoms with E-state index in [1.165, 1.54) is 6.07 Å². The summed E-state index contributed by atoms with van der Waals surface area (Å²) in [5.74, 6) is -0.328. The Morgan fingerprint density at radius 1 is 1.50 bits per heavy atom. The molecule has 0 aliphatic rings. The molecule has 0 radical (unpaired) electrons. The van der Waals surface area contributed by atoms with E-state index in [2.05, 4.69) is 5.10 Å². The van der Waals surface area contributed by atoms with E-state index in [0.29, 0.717) is 17.0 Å². The third-order valence-corrected chi connectivity index (χ3v) is 3.35. The van der Waals surface area contributed by atoms with Gasteiger partial charge in [-0.1, -0.05) is 17.7 Å². The zero-order valence-electron chi connectivity index (χ0n) is 10.3. The molecule has 0 amide bonds. The van der Waals surface area contributed by atoms with Crippen molar-refractivity contribution < 1.29 is 4.39 Å². The summed E-state index contributed by atoms with van der Waals surface area (Å²) < 4.78 is 15.4. The van der Waals surface area contributed by atoms with E-state index in [0.717, 1.165) is 11.4 Å². The molecule has 5 heteroatoms. The fraction of sp³-hybridized carbons (Fsp3) is 0.308. The summed E-state index contributed by atoms with van der Waals surface area (Å²) in [5, 5.41) is 4.69. The Kier molecular flexibility index (Phi) is 3.68. The zero-order valence-corrected chi connectivity index (χ0v) is 11.1. The monoisotopic (exact) mass is 267 g/mol. The average Bonchev–Trinajstić information content (AvgIpc) is 2.64. The van der Waals surface area contributed by atoms with Crippen LogP contribution >= 0.6 is 11.6 Å². The third-order valence-electron chi connectivity index (χ3n) is 3.00. The highest BCUT2D eigenvalue weighted by molar-refractivity contribution is 6.31. The largest absolute Gasteiger partial charge is 0.322 e. The first-order valence-electron chi connectivity index (χ1n) is 5.68. The van der Waals surface area contributed by atoms with Gasteiger partial charge in [-0.05, 0) is 31.5 Å². The SMILES string of the molecule is Cc1cc(C(N)Cc2c(F)cccc2Cl)nn1C. The van der Waals surface area contributed by atoms with E-state index >= 15 is 0 Å². The van der Waals surface area contributed by atoms with E-state index in [-0.39, 0.29) is 11.9 Å². The van der Waals surface area contributed by atoms with Gasteiger partial charge in [0.1, 0.15) is 5.82 Å². The van der Waals surface area contributed by atoms with Crippen LogP contribution in [-0.4, -0.2) is 9.78 Å². The minimum Gasteiger partial charge on any atom is -0.322 e. The Labute approximate surface area is 110 Å². The van der Waals surface area contributed by atoms with Crippen LogP contribution in [-0.2, 0) is 13.5 Å². The molecule has 0 bridgehead atoms. The van der Waals surface area contributed by atoms with Gasteiger partial charge in [-0.3, -0.25) is 4.68 Å². The van der Waals surface area contributed by atoms with Crippen LogP contribution in [0.25, 0.3) is 0 Å². The molecule has 1 unspecified atom stereocenters. The maximum absolute atomic E-state index is 13.6. The van der Waals surface area contributed by atoms with Crippen LogP contribution in [0.2, 0.25) is 5.02 Å². The average molecular weight is 268 g/mol. The minimum absolute atomic E-state index is 0.328. The lowest BCUT2D eigenvalue weighted by atomic mass is 10.0. The molecule has 18 heavy (non-hydrogen) atoms. The van der Waals surface area contributed by atoms with Gasteiger partial charge in [0.25, 0.3) is 0 Å². The Balaban J connectivity index is 2.23. The number of halogens is 2. The van der Waals surface area contributed by atoms with Crippen LogP contribution in [0.15, 0.2) is 24.3 Å². The summed E-state index contributed by atoms with van der Waals surface area (Å²) in [6.45, 7) is 1.94. The van der Waals surface area contributed by atoms with Gasteiger partial charge in [0.2, 0.25) is 0 Å². The molecule has 2 rings (SSSR count). The van der Waals surface area contributed by atoms with Crippen molar-refractivity contribution in [1.29, 1.82) is 0 Å². The lowest BCUT2D eigenvalue weighted by Gasteiger charge is -2.11. The quantitative estimate of drug-likeness (QED) is 0.929. The van der Waals surface area contributed by atoms with Gasteiger partial charge in [-0.25, -0.2) is 4.39 Å². The number of hydrogen-bond acceptors (Lipinski definition) is 2. The van der Waals surface area contributed by atoms with Crippen LogP contribution in [0, 0.1) is 12.7 Å². The molecule has 0 aliphatic carbocycles. The van der Waals surface area contributed by atoms with Gasteiger partial charge in [-0.15, -0.1) is 0 Å². The highest BCUT2D eigenvalue weighted by atomic mass is 35.5. The zero-order chi connectivity index (χ0) is 13.3. The molecule has 0 saturated carbocycles. The minimum atomic E-state index is -0.362. The molecule has 0 saturated heterocycles. The van der Waals surface area contributed by atoms with Gasteiger partial charge in [-0.2, -0.15) is 5.10 Å². The molecule has 2 N–H and O–H groups in total. The van der Waals surface area contributed by atoms with Crippen molar-refractivity contribution >= 4 is 11.6 Å². The van der Waals surface area contributed by atoms with Crippen molar-refractivity contribution in [1.82, 2.24) is 9.78 Å². The van der Waals surface area contributed by atoms with Crippen molar-refractivity contribution in [3.63, 3.8) is 0 Å². The van der Waals surface area contributed by atoms with Crippen LogP contribution in [0.1, 0.15) is 23.0 Å². The molecule has 96 valence electrons. The Hall–Kier alpha value is -1.39. The maximum atomic E-state index is 13.6. The lowest BCUT2D eigenvalue weighted by Crippen LogP contribution is -2.15. The Morgan fingerprint density at radius 3 is 2.78 bits per heavy atom. The molecule has 2 aromatic rings. The second-order valence-electron chi connectivity index (χ2n) is 4.35. The van der Waals surface area contributed by atoms with Gasteiger partial charge in [0.05, 0.1) is 11.7 Å². The van der Waals surface area contributed by atoms with E-state index in [9.17, 15) is 4.39 Å². The summed E-state index contributed by atoms with van der Waals surface area (Å²) in [4.78, 5) is 0. The van der Waals surface area contributed by atoms with Gasteiger partial charge < -0.3 is 5.73 Å². The van der Waals surface area contributed by atoms with E-state index in [1.54, 1.807) is 16.8 Å². The predicted molar refractivity (Wildman–Crippen MR) is 70.0 cm³/mol. The molecule has 1 heterocycles. The summed E-state index contributed by atoms with van der Waals surface area (Å²) in [7, 11) is 1.85. The van der Waals surface area contributed by atoms with Crippen molar-refractivity contribution in [3.8, 4) is 0 Å². The maximum Gasteiger partial charge on any atom is 0.127 e. The fourth-order valence-corrected chi connectivity index (χ4v) is 2.06. The molecule has 1 aromatic carbocycles. The molecular weight excluding hydrogens is 253 g/mol. The first-order chi connectivity index (χ1) is 8.49. The second-order valence-corrected chi connectivity index (χ2v) is 4.75. The number of aryl methyl sites for hydroxylation is 2. The summed E-state index contributed by atoms with van der Waals surface area (Å²) in [6.07, 6.45) is 0.335. The molecule has 1 atom stereocenters. The number of nitrogens with zero attached hydrogens (tertiary/aromatic N) is 2. The molecule has 0 fully saturated rings. The smallest absolute Gasteiger partial charge is 0.127 e. The highest BCUT2D eigenvalue weighted by Crippen LogP contribution is 2.24. The van der Waals surface area contributed by atoms with Crippen molar-refractivity contribution in [2.45, 2.75) is 19.4 Å². The summed E-state index contributed by atoms with van der Waals surface area (Å²) in [6, 6.07) is 6.17. The van der Waals surface area contributed by atoms with E-state index in [4.69, 9.17) is 17.3 Å². The molecule has 0 aliphatic heterocycles. The first kappa shape index (κ1) is 13.1. The Morgan fingerprint density at radius 2 is 2.22 bits per heavy atom. The molecule has 1 aromatic heterocycles. The van der Waals surface area contributed by atoms with Crippen molar-refractivity contribution in [3.05, 3.63) is 52.1 Å². The number of benzene rings is 1. The number of hydrogen-bond donors (Lipinski definition) is 1.